The van der Waals surface area contributed by atoms with E-state index in [2.05, 4.69) is 21.4 Å². The lowest BCUT2D eigenvalue weighted by Gasteiger charge is -2.08. The zero-order chi connectivity index (χ0) is 10.5. The molecule has 5 heteroatoms. The van der Waals surface area contributed by atoms with Gasteiger partial charge in [-0.3, -0.25) is 5.32 Å². The molecule has 0 amide bonds. The smallest absolute Gasteiger partial charge is 0.165 e. The van der Waals surface area contributed by atoms with Crippen molar-refractivity contribution in [2.24, 2.45) is 0 Å². The quantitative estimate of drug-likeness (QED) is 0.717. The number of aromatic amines is 1. The minimum absolute atomic E-state index is 0.0000350. The van der Waals surface area contributed by atoms with Gasteiger partial charge in [0.2, 0.25) is 0 Å². The molecule has 0 spiro atoms. The van der Waals surface area contributed by atoms with Gasteiger partial charge in [-0.2, -0.15) is 5.26 Å². The second kappa shape index (κ2) is 5.19. The van der Waals surface area contributed by atoms with E-state index < -0.39 is 0 Å². The number of nitriles is 1. The van der Waals surface area contributed by atoms with Gasteiger partial charge in [0.15, 0.2) is 5.16 Å². The third-order valence-corrected chi connectivity index (χ3v) is 3.23. The molecule has 1 aliphatic carbocycles. The number of hydrogen-bond donors (Lipinski definition) is 2. The van der Waals surface area contributed by atoms with Gasteiger partial charge in [0, 0.05) is 24.2 Å². The summed E-state index contributed by atoms with van der Waals surface area (Å²) in [5.41, 5.74) is 0. The Bertz CT molecular complexity index is 326. The van der Waals surface area contributed by atoms with E-state index in [1.807, 2.05) is 6.20 Å². The Morgan fingerprint density at radius 3 is 3.20 bits per heavy atom. The number of nitrogens with zero attached hydrogens (tertiary/aromatic N) is 2. The SMILES string of the molecule is N#CC(CCSc1ncc[nH]1)NC1CC1. The zero-order valence-electron chi connectivity index (χ0n) is 8.44. The summed E-state index contributed by atoms with van der Waals surface area (Å²) in [4.78, 5) is 7.15. The van der Waals surface area contributed by atoms with Crippen molar-refractivity contribution in [1.82, 2.24) is 15.3 Å². The third kappa shape index (κ3) is 3.57. The van der Waals surface area contributed by atoms with Gasteiger partial charge in [-0.15, -0.1) is 0 Å². The molecule has 80 valence electrons. The third-order valence-electron chi connectivity index (χ3n) is 2.29. The van der Waals surface area contributed by atoms with E-state index in [-0.39, 0.29) is 6.04 Å². The topological polar surface area (TPSA) is 64.5 Å². The molecule has 1 heterocycles. The number of imidazole rings is 1. The molecule has 4 nitrogen and oxygen atoms in total. The number of thioether (sulfide) groups is 1. The van der Waals surface area contributed by atoms with E-state index in [1.165, 1.54) is 12.8 Å². The highest BCUT2D eigenvalue weighted by Gasteiger charge is 2.24. The molecule has 2 N–H and O–H groups in total. The summed E-state index contributed by atoms with van der Waals surface area (Å²) in [6.45, 7) is 0. The first-order valence-electron chi connectivity index (χ1n) is 5.16. The molecular weight excluding hydrogens is 208 g/mol. The van der Waals surface area contributed by atoms with Crippen LogP contribution >= 0.6 is 11.8 Å². The first-order valence-corrected chi connectivity index (χ1v) is 6.15. The van der Waals surface area contributed by atoms with Gasteiger partial charge in [-0.25, -0.2) is 4.98 Å². The Morgan fingerprint density at radius 1 is 1.73 bits per heavy atom. The minimum Gasteiger partial charge on any atom is -0.340 e. The molecule has 1 aliphatic rings. The van der Waals surface area contributed by atoms with Crippen LogP contribution in [0.15, 0.2) is 17.6 Å². The zero-order valence-corrected chi connectivity index (χ0v) is 9.26. The van der Waals surface area contributed by atoms with Crippen molar-refractivity contribution in [3.8, 4) is 6.07 Å². The molecule has 0 aliphatic heterocycles. The average Bonchev–Trinajstić information content (AvgIpc) is 2.91. The Morgan fingerprint density at radius 2 is 2.60 bits per heavy atom. The summed E-state index contributed by atoms with van der Waals surface area (Å²) >= 11 is 1.66. The summed E-state index contributed by atoms with van der Waals surface area (Å²) in [5.74, 6) is 0.922. The predicted octanol–water partition coefficient (Wildman–Crippen LogP) is 1.54. The Labute approximate surface area is 93.5 Å². The van der Waals surface area contributed by atoms with Crippen molar-refractivity contribution in [3.63, 3.8) is 0 Å². The molecule has 1 atom stereocenters. The number of aromatic nitrogens is 2. The van der Waals surface area contributed by atoms with E-state index in [0.29, 0.717) is 6.04 Å². The Kier molecular flexibility index (Phi) is 3.64. The molecule has 0 aromatic carbocycles. The number of rotatable bonds is 6. The molecule has 2 rings (SSSR count). The molecular formula is C10H14N4S. The van der Waals surface area contributed by atoms with Crippen LogP contribution in [0, 0.1) is 11.3 Å². The fourth-order valence-electron chi connectivity index (χ4n) is 1.32. The van der Waals surface area contributed by atoms with Gasteiger partial charge >= 0.3 is 0 Å². The standard InChI is InChI=1S/C10H14N4S/c11-7-9(14-8-1-2-8)3-6-15-10-12-4-5-13-10/h4-5,8-9,14H,1-3,6H2,(H,12,13). The van der Waals surface area contributed by atoms with E-state index in [9.17, 15) is 0 Å². The Balaban J connectivity index is 1.65. The van der Waals surface area contributed by atoms with E-state index in [0.717, 1.165) is 17.3 Å². The highest BCUT2D eigenvalue weighted by molar-refractivity contribution is 7.99. The highest BCUT2D eigenvalue weighted by atomic mass is 32.2. The predicted molar refractivity (Wildman–Crippen MR) is 59.5 cm³/mol. The van der Waals surface area contributed by atoms with Crippen LogP contribution in [0.5, 0.6) is 0 Å². The molecule has 1 saturated carbocycles. The van der Waals surface area contributed by atoms with Gasteiger partial charge < -0.3 is 4.98 Å². The maximum absolute atomic E-state index is 8.91. The van der Waals surface area contributed by atoms with Crippen LogP contribution in [-0.4, -0.2) is 27.8 Å². The van der Waals surface area contributed by atoms with Gasteiger partial charge in [0.05, 0.1) is 12.1 Å². The Hall–Kier alpha value is -0.990. The fourth-order valence-corrected chi connectivity index (χ4v) is 2.16. The maximum atomic E-state index is 8.91. The van der Waals surface area contributed by atoms with Crippen LogP contribution in [0.4, 0.5) is 0 Å². The molecule has 1 unspecified atom stereocenters. The summed E-state index contributed by atoms with van der Waals surface area (Å²) in [7, 11) is 0. The number of hydrogen-bond acceptors (Lipinski definition) is 4. The second-order valence-corrected chi connectivity index (χ2v) is 4.74. The van der Waals surface area contributed by atoms with Crippen molar-refractivity contribution in [1.29, 1.82) is 5.26 Å². The van der Waals surface area contributed by atoms with E-state index >= 15 is 0 Å². The van der Waals surface area contributed by atoms with Crippen LogP contribution in [0.2, 0.25) is 0 Å². The fraction of sp³-hybridized carbons (Fsp3) is 0.600. The highest BCUT2D eigenvalue weighted by Crippen LogP contribution is 2.20. The van der Waals surface area contributed by atoms with Crippen LogP contribution in [-0.2, 0) is 0 Å². The van der Waals surface area contributed by atoms with Crippen molar-refractivity contribution in [3.05, 3.63) is 12.4 Å². The summed E-state index contributed by atoms with van der Waals surface area (Å²) in [5, 5.41) is 13.2. The first-order chi connectivity index (χ1) is 7.38. The normalized spacial score (nSPS) is 17.3. The molecule has 1 aromatic heterocycles. The van der Waals surface area contributed by atoms with Crippen LogP contribution < -0.4 is 5.32 Å². The second-order valence-electron chi connectivity index (χ2n) is 3.65. The monoisotopic (exact) mass is 222 g/mol. The van der Waals surface area contributed by atoms with Crippen molar-refractivity contribution >= 4 is 11.8 Å². The summed E-state index contributed by atoms with van der Waals surface area (Å²) in [6, 6.07) is 2.90. The van der Waals surface area contributed by atoms with E-state index in [4.69, 9.17) is 5.26 Å². The lowest BCUT2D eigenvalue weighted by molar-refractivity contribution is 0.587. The van der Waals surface area contributed by atoms with Crippen LogP contribution in [0.3, 0.4) is 0 Å². The maximum Gasteiger partial charge on any atom is 0.165 e. The van der Waals surface area contributed by atoms with Gasteiger partial charge in [-0.05, 0) is 19.3 Å². The summed E-state index contributed by atoms with van der Waals surface area (Å²) in [6.07, 6.45) is 6.88. The first kappa shape index (κ1) is 10.5. The van der Waals surface area contributed by atoms with Gasteiger partial charge in [0.1, 0.15) is 0 Å². The van der Waals surface area contributed by atoms with Gasteiger partial charge in [-0.1, -0.05) is 11.8 Å². The molecule has 15 heavy (non-hydrogen) atoms. The van der Waals surface area contributed by atoms with Crippen molar-refractivity contribution in [2.75, 3.05) is 5.75 Å². The minimum atomic E-state index is -0.0000350. The van der Waals surface area contributed by atoms with Crippen LogP contribution in [0.25, 0.3) is 0 Å². The van der Waals surface area contributed by atoms with Crippen LogP contribution in [0.1, 0.15) is 19.3 Å². The lowest BCUT2D eigenvalue weighted by Crippen LogP contribution is -2.29. The number of nitrogens with one attached hydrogen (secondary N) is 2. The van der Waals surface area contributed by atoms with Crippen molar-refractivity contribution < 1.29 is 0 Å². The van der Waals surface area contributed by atoms with Crippen molar-refractivity contribution in [2.45, 2.75) is 36.5 Å². The largest absolute Gasteiger partial charge is 0.340 e. The molecule has 0 saturated heterocycles. The molecule has 0 bridgehead atoms. The molecule has 1 aromatic rings. The number of H-pyrrole nitrogens is 1. The molecule has 1 fully saturated rings. The van der Waals surface area contributed by atoms with Gasteiger partial charge in [0.25, 0.3) is 0 Å². The average molecular weight is 222 g/mol. The summed E-state index contributed by atoms with van der Waals surface area (Å²) < 4.78 is 0. The van der Waals surface area contributed by atoms with E-state index in [1.54, 1.807) is 18.0 Å². The molecule has 0 radical (unpaired) electrons. The lowest BCUT2D eigenvalue weighted by atomic mass is 10.2.